The van der Waals surface area contributed by atoms with E-state index in [0.717, 1.165) is 50.7 Å². The van der Waals surface area contributed by atoms with Crippen LogP contribution in [-0.4, -0.2) is 49.6 Å². The van der Waals surface area contributed by atoms with Gasteiger partial charge >= 0.3 is 0 Å². The highest BCUT2D eigenvalue weighted by molar-refractivity contribution is 5.79. The summed E-state index contributed by atoms with van der Waals surface area (Å²) in [7, 11) is 3.95. The summed E-state index contributed by atoms with van der Waals surface area (Å²) in [6.07, 6.45) is 10.8. The van der Waals surface area contributed by atoms with E-state index in [-0.39, 0.29) is 0 Å². The third kappa shape index (κ3) is 9.18. The Bertz CT molecular complexity index is 458. The van der Waals surface area contributed by atoms with Crippen molar-refractivity contribution in [3.63, 3.8) is 0 Å². The first-order chi connectivity index (χ1) is 11.8. The molecule has 0 fully saturated rings. The lowest BCUT2D eigenvalue weighted by Gasteiger charge is -2.22. The molecule has 0 aliphatic carbocycles. The van der Waals surface area contributed by atoms with Crippen LogP contribution in [0.25, 0.3) is 0 Å². The van der Waals surface area contributed by atoms with Crippen molar-refractivity contribution in [2.45, 2.75) is 38.5 Å². The topological polar surface area (TPSA) is 52.5 Å². The highest BCUT2D eigenvalue weighted by Crippen LogP contribution is 2.02. The van der Waals surface area contributed by atoms with E-state index in [4.69, 9.17) is 0 Å². The van der Waals surface area contributed by atoms with E-state index in [1.807, 2.05) is 31.3 Å². The number of aliphatic imine (C=N–C) groups is 1. The van der Waals surface area contributed by atoms with Crippen molar-refractivity contribution >= 4 is 11.8 Å². The fourth-order valence-corrected chi connectivity index (χ4v) is 2.44. The van der Waals surface area contributed by atoms with Gasteiger partial charge in [-0.3, -0.25) is 4.99 Å². The molecule has 5 heteroatoms. The van der Waals surface area contributed by atoms with Crippen LogP contribution >= 0.6 is 0 Å². The minimum absolute atomic E-state index is 0.941. The molecule has 0 bridgehead atoms. The number of nitrogens with one attached hydrogen (secondary N) is 2. The van der Waals surface area contributed by atoms with E-state index in [9.17, 15) is 0 Å². The molecular formula is C19H33N5. The normalized spacial score (nSPS) is 11.2. The van der Waals surface area contributed by atoms with Gasteiger partial charge in [0.1, 0.15) is 5.82 Å². The second-order valence-corrected chi connectivity index (χ2v) is 5.88. The highest BCUT2D eigenvalue weighted by atomic mass is 15.3. The van der Waals surface area contributed by atoms with Crippen molar-refractivity contribution in [3.05, 3.63) is 37.1 Å². The average Bonchev–Trinajstić information content (AvgIpc) is 2.61. The molecule has 0 atom stereocenters. The summed E-state index contributed by atoms with van der Waals surface area (Å²) in [5.74, 6) is 1.92. The summed E-state index contributed by atoms with van der Waals surface area (Å²) in [6.45, 7) is 6.68. The van der Waals surface area contributed by atoms with Crippen molar-refractivity contribution in [1.29, 1.82) is 0 Å². The molecular weight excluding hydrogens is 298 g/mol. The van der Waals surface area contributed by atoms with Gasteiger partial charge in [0, 0.05) is 39.9 Å². The zero-order valence-electron chi connectivity index (χ0n) is 15.3. The molecule has 0 radical (unpaired) electrons. The maximum absolute atomic E-state index is 4.36. The van der Waals surface area contributed by atoms with Crippen LogP contribution in [0.15, 0.2) is 42.0 Å². The van der Waals surface area contributed by atoms with E-state index in [0.29, 0.717) is 0 Å². The minimum atomic E-state index is 0.941. The molecule has 0 aliphatic rings. The number of rotatable bonds is 12. The zero-order chi connectivity index (χ0) is 17.5. The van der Waals surface area contributed by atoms with Crippen molar-refractivity contribution in [2.24, 2.45) is 4.99 Å². The van der Waals surface area contributed by atoms with Crippen LogP contribution in [0.4, 0.5) is 5.82 Å². The Morgan fingerprint density at radius 1 is 1.21 bits per heavy atom. The number of aromatic nitrogens is 1. The summed E-state index contributed by atoms with van der Waals surface area (Å²) < 4.78 is 0. The van der Waals surface area contributed by atoms with Gasteiger partial charge in [0.25, 0.3) is 0 Å². The number of anilines is 1. The number of hydrogen-bond acceptors (Lipinski definition) is 3. The van der Waals surface area contributed by atoms with Gasteiger partial charge in [0.2, 0.25) is 0 Å². The van der Waals surface area contributed by atoms with Gasteiger partial charge in [0.15, 0.2) is 5.96 Å². The Kier molecular flexibility index (Phi) is 11.2. The molecule has 5 nitrogen and oxygen atoms in total. The standard InChI is InChI=1S/C19H33N5/c1-4-5-6-7-12-17-24(3)19(20-2)23-16-11-10-15-22-18-13-8-9-14-21-18/h4,8-9,13-14H,1,5-7,10-12,15-17H2,2-3H3,(H,20,23)(H,21,22). The lowest BCUT2D eigenvalue weighted by molar-refractivity contribution is 0.454. The molecule has 134 valence electrons. The van der Waals surface area contributed by atoms with Crippen LogP contribution in [0, 0.1) is 0 Å². The minimum Gasteiger partial charge on any atom is -0.370 e. The lowest BCUT2D eigenvalue weighted by Crippen LogP contribution is -2.39. The monoisotopic (exact) mass is 331 g/mol. The molecule has 2 N–H and O–H groups in total. The van der Waals surface area contributed by atoms with Crippen molar-refractivity contribution in [2.75, 3.05) is 39.0 Å². The van der Waals surface area contributed by atoms with Gasteiger partial charge in [-0.05, 0) is 44.2 Å². The summed E-state index contributed by atoms with van der Waals surface area (Å²) in [5, 5.41) is 6.76. The van der Waals surface area contributed by atoms with E-state index in [2.05, 4.69) is 39.1 Å². The van der Waals surface area contributed by atoms with E-state index in [1.54, 1.807) is 6.20 Å². The summed E-state index contributed by atoms with van der Waals surface area (Å²) in [5.41, 5.74) is 0. The smallest absolute Gasteiger partial charge is 0.193 e. The Labute approximate surface area is 147 Å². The molecule has 0 saturated heterocycles. The predicted molar refractivity (Wildman–Crippen MR) is 105 cm³/mol. The molecule has 0 aliphatic heterocycles. The highest BCUT2D eigenvalue weighted by Gasteiger charge is 2.04. The van der Waals surface area contributed by atoms with E-state index in [1.165, 1.54) is 19.3 Å². The van der Waals surface area contributed by atoms with Crippen molar-refractivity contribution in [1.82, 2.24) is 15.2 Å². The van der Waals surface area contributed by atoms with Crippen LogP contribution in [0.5, 0.6) is 0 Å². The number of pyridine rings is 1. The third-order valence-electron chi connectivity index (χ3n) is 3.83. The van der Waals surface area contributed by atoms with Gasteiger partial charge in [-0.25, -0.2) is 4.98 Å². The van der Waals surface area contributed by atoms with Crippen LogP contribution in [0.1, 0.15) is 38.5 Å². The largest absolute Gasteiger partial charge is 0.370 e. The Hall–Kier alpha value is -2.04. The van der Waals surface area contributed by atoms with Gasteiger partial charge in [-0.2, -0.15) is 0 Å². The molecule has 0 aromatic carbocycles. The molecule has 1 aromatic heterocycles. The zero-order valence-corrected chi connectivity index (χ0v) is 15.3. The maximum atomic E-state index is 4.36. The van der Waals surface area contributed by atoms with E-state index >= 15 is 0 Å². The number of nitrogens with zero attached hydrogens (tertiary/aromatic N) is 3. The summed E-state index contributed by atoms with van der Waals surface area (Å²) in [4.78, 5) is 10.8. The summed E-state index contributed by atoms with van der Waals surface area (Å²) in [6, 6.07) is 5.91. The second kappa shape index (κ2) is 13.4. The van der Waals surface area contributed by atoms with Crippen molar-refractivity contribution in [3.8, 4) is 0 Å². The maximum Gasteiger partial charge on any atom is 0.193 e. The molecule has 0 amide bonds. The lowest BCUT2D eigenvalue weighted by atomic mass is 10.2. The van der Waals surface area contributed by atoms with Crippen LogP contribution in [-0.2, 0) is 0 Å². The summed E-state index contributed by atoms with van der Waals surface area (Å²) >= 11 is 0. The van der Waals surface area contributed by atoms with Crippen LogP contribution < -0.4 is 10.6 Å². The van der Waals surface area contributed by atoms with Crippen LogP contribution in [0.2, 0.25) is 0 Å². The van der Waals surface area contributed by atoms with Crippen LogP contribution in [0.3, 0.4) is 0 Å². The van der Waals surface area contributed by atoms with Gasteiger partial charge < -0.3 is 15.5 Å². The molecule has 1 heterocycles. The first-order valence-electron chi connectivity index (χ1n) is 8.95. The fraction of sp³-hybridized carbons (Fsp3) is 0.579. The fourth-order valence-electron chi connectivity index (χ4n) is 2.44. The number of allylic oxidation sites excluding steroid dienone is 1. The molecule has 0 unspecified atom stereocenters. The first kappa shape index (κ1) is 20.0. The molecule has 0 spiro atoms. The number of guanidine groups is 1. The SMILES string of the molecule is C=CCCCCCN(C)C(=NC)NCCCCNc1ccccn1. The molecule has 24 heavy (non-hydrogen) atoms. The van der Waals surface area contributed by atoms with Crippen molar-refractivity contribution < 1.29 is 0 Å². The number of hydrogen-bond donors (Lipinski definition) is 2. The second-order valence-electron chi connectivity index (χ2n) is 5.88. The predicted octanol–water partition coefficient (Wildman–Crippen LogP) is 3.53. The Balaban J connectivity index is 2.07. The molecule has 0 saturated carbocycles. The molecule has 1 rings (SSSR count). The number of unbranched alkanes of at least 4 members (excludes halogenated alkanes) is 4. The molecule has 1 aromatic rings. The third-order valence-corrected chi connectivity index (χ3v) is 3.83. The quantitative estimate of drug-likeness (QED) is 0.266. The van der Waals surface area contributed by atoms with Gasteiger partial charge in [-0.1, -0.05) is 18.6 Å². The van der Waals surface area contributed by atoms with Gasteiger partial charge in [0.05, 0.1) is 0 Å². The Morgan fingerprint density at radius 3 is 2.75 bits per heavy atom. The Morgan fingerprint density at radius 2 is 2.04 bits per heavy atom. The van der Waals surface area contributed by atoms with Gasteiger partial charge in [-0.15, -0.1) is 6.58 Å². The first-order valence-corrected chi connectivity index (χ1v) is 8.95. The average molecular weight is 332 g/mol. The van der Waals surface area contributed by atoms with E-state index < -0.39 is 0 Å².